The van der Waals surface area contributed by atoms with Crippen LogP contribution in [0.1, 0.15) is 12.0 Å². The van der Waals surface area contributed by atoms with Crippen molar-refractivity contribution in [2.75, 3.05) is 20.0 Å². The molecular formula is C11H15NO3. The molecule has 0 aliphatic rings. The maximum absolute atomic E-state index is 11.0. The number of carbonyl (C=O) groups is 1. The summed E-state index contributed by atoms with van der Waals surface area (Å²) in [6.07, 6.45) is 0.837. The lowest BCUT2D eigenvalue weighted by Gasteiger charge is -2.10. The van der Waals surface area contributed by atoms with Crippen molar-refractivity contribution in [3.05, 3.63) is 23.8 Å². The monoisotopic (exact) mass is 209 g/mol. The Bertz CT molecular complexity index is 350. The van der Waals surface area contributed by atoms with Crippen molar-refractivity contribution in [1.82, 2.24) is 0 Å². The van der Waals surface area contributed by atoms with Gasteiger partial charge in [-0.25, -0.2) is 0 Å². The van der Waals surface area contributed by atoms with Gasteiger partial charge >= 0.3 is 5.97 Å². The molecule has 0 aliphatic carbocycles. The van der Waals surface area contributed by atoms with Crippen LogP contribution in [0.5, 0.6) is 5.75 Å². The number of methoxy groups -OCH3 is 2. The molecule has 0 fully saturated rings. The second-order valence-corrected chi connectivity index (χ2v) is 3.10. The fraction of sp³-hybridized carbons (Fsp3) is 0.364. The fourth-order valence-corrected chi connectivity index (χ4v) is 1.37. The van der Waals surface area contributed by atoms with Crippen molar-refractivity contribution < 1.29 is 14.3 Å². The Morgan fingerprint density at radius 1 is 1.40 bits per heavy atom. The number of nitrogens with two attached hydrogens (primary N) is 1. The molecule has 0 aliphatic heterocycles. The molecule has 1 aromatic rings. The van der Waals surface area contributed by atoms with E-state index in [1.165, 1.54) is 7.11 Å². The van der Waals surface area contributed by atoms with Crippen molar-refractivity contribution in [2.45, 2.75) is 12.8 Å². The zero-order valence-corrected chi connectivity index (χ0v) is 8.95. The van der Waals surface area contributed by atoms with Gasteiger partial charge in [0.25, 0.3) is 0 Å². The first kappa shape index (κ1) is 11.4. The Kier molecular flexibility index (Phi) is 3.97. The first-order chi connectivity index (χ1) is 7.19. The molecule has 0 spiro atoms. The molecule has 0 saturated carbocycles. The molecule has 0 bridgehead atoms. The van der Waals surface area contributed by atoms with Crippen LogP contribution in [0.25, 0.3) is 0 Å². The molecule has 0 radical (unpaired) electrons. The van der Waals surface area contributed by atoms with Gasteiger partial charge in [-0.1, -0.05) is 6.07 Å². The Balaban J connectivity index is 2.78. The Hall–Kier alpha value is -1.71. The van der Waals surface area contributed by atoms with Gasteiger partial charge < -0.3 is 15.2 Å². The van der Waals surface area contributed by atoms with Crippen LogP contribution in [-0.2, 0) is 16.0 Å². The molecule has 82 valence electrons. The van der Waals surface area contributed by atoms with E-state index < -0.39 is 0 Å². The summed E-state index contributed by atoms with van der Waals surface area (Å²) in [5.74, 6) is 0.458. The highest BCUT2D eigenvalue weighted by Gasteiger charge is 2.09. The van der Waals surface area contributed by atoms with E-state index in [0.717, 1.165) is 5.56 Å². The van der Waals surface area contributed by atoms with E-state index in [1.807, 2.05) is 12.1 Å². The average Bonchev–Trinajstić information content (AvgIpc) is 2.26. The van der Waals surface area contributed by atoms with E-state index >= 15 is 0 Å². The lowest BCUT2D eigenvalue weighted by molar-refractivity contribution is -0.140. The summed E-state index contributed by atoms with van der Waals surface area (Å²) in [7, 11) is 2.95. The lowest BCUT2D eigenvalue weighted by Crippen LogP contribution is -2.05. The van der Waals surface area contributed by atoms with E-state index in [4.69, 9.17) is 10.5 Å². The van der Waals surface area contributed by atoms with Gasteiger partial charge in [-0.05, 0) is 18.6 Å². The Labute approximate surface area is 89.0 Å². The maximum Gasteiger partial charge on any atom is 0.305 e. The van der Waals surface area contributed by atoms with Gasteiger partial charge in [0.05, 0.1) is 14.2 Å². The molecule has 0 aromatic heterocycles. The highest BCUT2D eigenvalue weighted by molar-refractivity contribution is 5.70. The van der Waals surface area contributed by atoms with Crippen LogP contribution in [-0.4, -0.2) is 20.2 Å². The first-order valence-corrected chi connectivity index (χ1v) is 4.67. The molecular weight excluding hydrogens is 194 g/mol. The minimum absolute atomic E-state index is 0.250. The summed E-state index contributed by atoms with van der Waals surface area (Å²) in [4.78, 5) is 11.0. The quantitative estimate of drug-likeness (QED) is 0.601. The molecule has 15 heavy (non-hydrogen) atoms. The van der Waals surface area contributed by atoms with Crippen LogP contribution in [0.2, 0.25) is 0 Å². The molecule has 0 unspecified atom stereocenters. The van der Waals surface area contributed by atoms with Crippen LogP contribution >= 0.6 is 0 Å². The number of anilines is 1. The first-order valence-electron chi connectivity index (χ1n) is 4.67. The smallest absolute Gasteiger partial charge is 0.305 e. The predicted molar refractivity (Wildman–Crippen MR) is 57.7 cm³/mol. The van der Waals surface area contributed by atoms with Crippen molar-refractivity contribution >= 4 is 11.7 Å². The molecule has 4 nitrogen and oxygen atoms in total. The zero-order chi connectivity index (χ0) is 11.3. The van der Waals surface area contributed by atoms with Gasteiger partial charge in [0.15, 0.2) is 0 Å². The number of nitrogen functional groups attached to an aromatic ring is 1. The van der Waals surface area contributed by atoms with Gasteiger partial charge in [0.1, 0.15) is 5.75 Å². The van der Waals surface area contributed by atoms with Gasteiger partial charge in [-0.2, -0.15) is 0 Å². The topological polar surface area (TPSA) is 61.5 Å². The summed E-state index contributed by atoms with van der Waals surface area (Å²) in [5, 5.41) is 0. The fourth-order valence-electron chi connectivity index (χ4n) is 1.37. The van der Waals surface area contributed by atoms with Gasteiger partial charge in [0.2, 0.25) is 0 Å². The summed E-state index contributed by atoms with van der Waals surface area (Å²) in [6, 6.07) is 5.42. The van der Waals surface area contributed by atoms with E-state index in [9.17, 15) is 4.79 Å². The number of hydrogen-bond acceptors (Lipinski definition) is 4. The third-order valence-corrected chi connectivity index (χ3v) is 2.20. The molecule has 4 heteroatoms. The number of hydrogen-bond donors (Lipinski definition) is 1. The standard InChI is InChI=1S/C11H15NO3/c1-14-10-5-3-4-9(12)8(10)6-7-11(13)15-2/h3-5H,6-7,12H2,1-2H3. The maximum atomic E-state index is 11.0. The Morgan fingerprint density at radius 3 is 2.73 bits per heavy atom. The summed E-state index contributed by atoms with van der Waals surface area (Å²) in [5.41, 5.74) is 7.28. The number of ether oxygens (including phenoxy) is 2. The number of esters is 1. The predicted octanol–water partition coefficient (Wildman–Crippen LogP) is 1.38. The normalized spacial score (nSPS) is 9.73. The van der Waals surface area contributed by atoms with Gasteiger partial charge in [0, 0.05) is 17.7 Å². The van der Waals surface area contributed by atoms with Crippen LogP contribution in [0.15, 0.2) is 18.2 Å². The number of carbonyl (C=O) groups excluding carboxylic acids is 1. The van der Waals surface area contributed by atoms with Crippen molar-refractivity contribution in [2.24, 2.45) is 0 Å². The van der Waals surface area contributed by atoms with E-state index in [1.54, 1.807) is 13.2 Å². The second-order valence-electron chi connectivity index (χ2n) is 3.10. The summed E-state index contributed by atoms with van der Waals surface area (Å²) in [6.45, 7) is 0. The van der Waals surface area contributed by atoms with Crippen LogP contribution in [0, 0.1) is 0 Å². The summed E-state index contributed by atoms with van der Waals surface area (Å²) >= 11 is 0. The largest absolute Gasteiger partial charge is 0.496 e. The third kappa shape index (κ3) is 2.87. The van der Waals surface area contributed by atoms with Crippen molar-refractivity contribution in [3.8, 4) is 5.75 Å². The molecule has 0 saturated heterocycles. The highest BCUT2D eigenvalue weighted by Crippen LogP contribution is 2.25. The SMILES string of the molecule is COC(=O)CCc1c(N)cccc1OC. The molecule has 2 N–H and O–H groups in total. The van der Waals surface area contributed by atoms with E-state index in [2.05, 4.69) is 4.74 Å². The lowest BCUT2D eigenvalue weighted by atomic mass is 10.1. The van der Waals surface area contributed by atoms with Crippen LogP contribution < -0.4 is 10.5 Å². The average molecular weight is 209 g/mol. The molecule has 0 atom stereocenters. The minimum atomic E-state index is -0.250. The van der Waals surface area contributed by atoms with Gasteiger partial charge in [-0.3, -0.25) is 4.79 Å². The number of rotatable bonds is 4. The molecule has 1 aromatic carbocycles. The summed E-state index contributed by atoms with van der Waals surface area (Å²) < 4.78 is 9.72. The number of benzene rings is 1. The molecule has 1 rings (SSSR count). The van der Waals surface area contributed by atoms with E-state index in [0.29, 0.717) is 24.3 Å². The second kappa shape index (κ2) is 5.24. The van der Waals surface area contributed by atoms with Crippen LogP contribution in [0.4, 0.5) is 5.69 Å². The molecule has 0 heterocycles. The van der Waals surface area contributed by atoms with Crippen molar-refractivity contribution in [1.29, 1.82) is 0 Å². The van der Waals surface area contributed by atoms with Gasteiger partial charge in [-0.15, -0.1) is 0 Å². The van der Waals surface area contributed by atoms with Crippen molar-refractivity contribution in [3.63, 3.8) is 0 Å². The zero-order valence-electron chi connectivity index (χ0n) is 8.95. The minimum Gasteiger partial charge on any atom is -0.496 e. The van der Waals surface area contributed by atoms with E-state index in [-0.39, 0.29) is 5.97 Å². The molecule has 0 amide bonds. The van der Waals surface area contributed by atoms with Crippen LogP contribution in [0.3, 0.4) is 0 Å². The highest BCUT2D eigenvalue weighted by atomic mass is 16.5. The third-order valence-electron chi connectivity index (χ3n) is 2.20. The Morgan fingerprint density at radius 2 is 2.13 bits per heavy atom.